The molecule has 0 radical (unpaired) electrons. The largest absolute Gasteiger partial charge is 0.508 e. The lowest BCUT2D eigenvalue weighted by Crippen LogP contribution is -2.11. The van der Waals surface area contributed by atoms with E-state index in [4.69, 9.17) is 0 Å². The molecule has 0 heterocycles. The average molecular weight is 267 g/mol. The highest BCUT2D eigenvalue weighted by atomic mass is 19.4. The van der Waals surface area contributed by atoms with Crippen molar-refractivity contribution in [1.82, 2.24) is 0 Å². The van der Waals surface area contributed by atoms with E-state index in [1.807, 2.05) is 0 Å². The molecule has 0 aliphatic carbocycles. The molecule has 0 amide bonds. The molecule has 0 unspecified atom stereocenters. The van der Waals surface area contributed by atoms with Crippen molar-refractivity contribution in [3.63, 3.8) is 0 Å². The fourth-order valence-electron chi connectivity index (χ4n) is 1.76. The van der Waals surface area contributed by atoms with Crippen LogP contribution in [0.3, 0.4) is 0 Å². The van der Waals surface area contributed by atoms with Crippen LogP contribution in [0.25, 0.3) is 0 Å². The topological polar surface area (TPSA) is 32.3 Å². The molecule has 0 fully saturated rings. The highest BCUT2D eigenvalue weighted by Gasteiger charge is 2.32. The molecule has 0 saturated carbocycles. The molecule has 5 heteroatoms. The van der Waals surface area contributed by atoms with Crippen LogP contribution in [0.15, 0.2) is 48.5 Å². The normalized spacial score (nSPS) is 11.3. The number of hydrogen-bond donors (Lipinski definition) is 2. The van der Waals surface area contributed by atoms with Crippen LogP contribution in [-0.2, 0) is 12.7 Å². The summed E-state index contributed by atoms with van der Waals surface area (Å²) in [7, 11) is 0. The van der Waals surface area contributed by atoms with Gasteiger partial charge in [-0.05, 0) is 23.8 Å². The van der Waals surface area contributed by atoms with Gasteiger partial charge in [0, 0.05) is 18.3 Å². The van der Waals surface area contributed by atoms with Crippen molar-refractivity contribution in [3.8, 4) is 5.75 Å². The summed E-state index contributed by atoms with van der Waals surface area (Å²) in [6.45, 7) is 0.0408. The van der Waals surface area contributed by atoms with Gasteiger partial charge in [0.05, 0.1) is 5.56 Å². The quantitative estimate of drug-likeness (QED) is 0.880. The highest BCUT2D eigenvalue weighted by molar-refractivity contribution is 5.48. The van der Waals surface area contributed by atoms with Crippen LogP contribution in [0.1, 0.15) is 11.1 Å². The van der Waals surface area contributed by atoms with Gasteiger partial charge in [0.25, 0.3) is 0 Å². The lowest BCUT2D eigenvalue weighted by atomic mass is 10.1. The van der Waals surface area contributed by atoms with Gasteiger partial charge in [-0.2, -0.15) is 13.2 Å². The lowest BCUT2D eigenvalue weighted by Gasteiger charge is -2.13. The predicted octanol–water partition coefficient (Wildman–Crippen LogP) is 4.02. The Morgan fingerprint density at radius 3 is 2.42 bits per heavy atom. The first kappa shape index (κ1) is 13.3. The first-order valence-electron chi connectivity index (χ1n) is 5.65. The number of phenolic OH excluding ortho intramolecular Hbond substituents is 1. The molecule has 100 valence electrons. The second kappa shape index (κ2) is 5.22. The SMILES string of the molecule is Oc1cccc(NCc2ccccc2C(F)(F)F)c1. The van der Waals surface area contributed by atoms with Gasteiger partial charge in [-0.3, -0.25) is 0 Å². The van der Waals surface area contributed by atoms with E-state index in [2.05, 4.69) is 5.32 Å². The number of alkyl halides is 3. The highest BCUT2D eigenvalue weighted by Crippen LogP contribution is 2.32. The van der Waals surface area contributed by atoms with Gasteiger partial charge in [-0.25, -0.2) is 0 Å². The summed E-state index contributed by atoms with van der Waals surface area (Å²) in [5.74, 6) is 0.0640. The van der Waals surface area contributed by atoms with Crippen LogP contribution >= 0.6 is 0 Å². The summed E-state index contributed by atoms with van der Waals surface area (Å²) in [4.78, 5) is 0. The molecule has 0 atom stereocenters. The van der Waals surface area contributed by atoms with Crippen molar-refractivity contribution in [2.75, 3.05) is 5.32 Å². The third-order valence-corrected chi connectivity index (χ3v) is 2.65. The van der Waals surface area contributed by atoms with Crippen LogP contribution in [0, 0.1) is 0 Å². The molecule has 19 heavy (non-hydrogen) atoms. The molecule has 2 rings (SSSR count). The molecule has 2 nitrogen and oxygen atoms in total. The molecule has 2 aromatic carbocycles. The zero-order chi connectivity index (χ0) is 13.9. The van der Waals surface area contributed by atoms with Gasteiger partial charge in [-0.15, -0.1) is 0 Å². The number of aromatic hydroxyl groups is 1. The maximum Gasteiger partial charge on any atom is 0.416 e. The Morgan fingerprint density at radius 2 is 1.74 bits per heavy atom. The molecule has 0 aliphatic rings. The standard InChI is InChI=1S/C14H12F3NO/c15-14(16,17)13-7-2-1-4-10(13)9-18-11-5-3-6-12(19)8-11/h1-8,18-19H,9H2. The summed E-state index contributed by atoms with van der Waals surface area (Å²) in [6.07, 6.45) is -4.36. The van der Waals surface area contributed by atoms with Crippen molar-refractivity contribution in [3.05, 3.63) is 59.7 Å². The van der Waals surface area contributed by atoms with E-state index in [1.54, 1.807) is 18.2 Å². The number of benzene rings is 2. The summed E-state index contributed by atoms with van der Waals surface area (Å²) < 4.78 is 38.3. The second-order valence-corrected chi connectivity index (χ2v) is 4.06. The van der Waals surface area contributed by atoms with Crippen molar-refractivity contribution < 1.29 is 18.3 Å². The van der Waals surface area contributed by atoms with Gasteiger partial charge in [0.2, 0.25) is 0 Å². The first-order chi connectivity index (χ1) is 8.97. The maximum atomic E-state index is 12.8. The van der Waals surface area contributed by atoms with E-state index in [-0.39, 0.29) is 17.9 Å². The Hall–Kier alpha value is -2.17. The molecular formula is C14H12F3NO. The summed E-state index contributed by atoms with van der Waals surface area (Å²) in [6, 6.07) is 11.7. The van der Waals surface area contributed by atoms with Crippen molar-refractivity contribution in [1.29, 1.82) is 0 Å². The smallest absolute Gasteiger partial charge is 0.416 e. The minimum atomic E-state index is -4.36. The predicted molar refractivity (Wildman–Crippen MR) is 66.9 cm³/mol. The molecule has 2 N–H and O–H groups in total. The molecule has 0 spiro atoms. The van der Waals surface area contributed by atoms with Crippen LogP contribution in [0.4, 0.5) is 18.9 Å². The fourth-order valence-corrected chi connectivity index (χ4v) is 1.76. The summed E-state index contributed by atoms with van der Waals surface area (Å²) in [5.41, 5.74) is 0.0815. The molecule has 0 saturated heterocycles. The molecule has 0 bridgehead atoms. The van der Waals surface area contributed by atoms with Crippen LogP contribution in [0.2, 0.25) is 0 Å². The van der Waals surface area contributed by atoms with E-state index >= 15 is 0 Å². The Labute approximate surface area is 108 Å². The van der Waals surface area contributed by atoms with Gasteiger partial charge >= 0.3 is 6.18 Å². The van der Waals surface area contributed by atoms with E-state index < -0.39 is 11.7 Å². The monoisotopic (exact) mass is 267 g/mol. The third kappa shape index (κ3) is 3.40. The van der Waals surface area contributed by atoms with Crippen LogP contribution in [-0.4, -0.2) is 5.11 Å². The number of nitrogens with one attached hydrogen (secondary N) is 1. The zero-order valence-corrected chi connectivity index (χ0v) is 9.91. The van der Waals surface area contributed by atoms with E-state index in [0.29, 0.717) is 5.69 Å². The number of rotatable bonds is 3. The zero-order valence-electron chi connectivity index (χ0n) is 9.91. The van der Waals surface area contributed by atoms with E-state index in [9.17, 15) is 18.3 Å². The maximum absolute atomic E-state index is 12.8. The van der Waals surface area contributed by atoms with Gasteiger partial charge in [-0.1, -0.05) is 24.3 Å². The second-order valence-electron chi connectivity index (χ2n) is 4.06. The number of hydrogen-bond acceptors (Lipinski definition) is 2. The lowest BCUT2D eigenvalue weighted by molar-refractivity contribution is -0.138. The Kier molecular flexibility index (Phi) is 3.64. The van der Waals surface area contributed by atoms with Crippen LogP contribution in [0.5, 0.6) is 5.75 Å². The fraction of sp³-hybridized carbons (Fsp3) is 0.143. The minimum Gasteiger partial charge on any atom is -0.508 e. The van der Waals surface area contributed by atoms with Crippen LogP contribution < -0.4 is 5.32 Å². The van der Waals surface area contributed by atoms with Crippen molar-refractivity contribution in [2.24, 2.45) is 0 Å². The molecule has 0 aromatic heterocycles. The van der Waals surface area contributed by atoms with Gasteiger partial charge in [0.1, 0.15) is 5.75 Å². The Bertz CT molecular complexity index is 567. The Morgan fingerprint density at radius 1 is 1.00 bits per heavy atom. The number of halogens is 3. The average Bonchev–Trinajstić information content (AvgIpc) is 2.36. The van der Waals surface area contributed by atoms with Gasteiger partial charge in [0.15, 0.2) is 0 Å². The van der Waals surface area contributed by atoms with Crippen molar-refractivity contribution in [2.45, 2.75) is 12.7 Å². The third-order valence-electron chi connectivity index (χ3n) is 2.65. The molecule has 0 aliphatic heterocycles. The summed E-state index contributed by atoms with van der Waals surface area (Å²) >= 11 is 0. The van der Waals surface area contributed by atoms with Gasteiger partial charge < -0.3 is 10.4 Å². The molecule has 2 aromatic rings. The number of anilines is 1. The Balaban J connectivity index is 2.16. The van der Waals surface area contributed by atoms with Crippen molar-refractivity contribution >= 4 is 5.69 Å². The van der Waals surface area contributed by atoms with E-state index in [0.717, 1.165) is 6.07 Å². The minimum absolute atomic E-state index is 0.0408. The molecular weight excluding hydrogens is 255 g/mol. The summed E-state index contributed by atoms with van der Waals surface area (Å²) in [5, 5.41) is 12.1. The number of phenols is 1. The first-order valence-corrected chi connectivity index (χ1v) is 5.65. The van der Waals surface area contributed by atoms with E-state index in [1.165, 1.54) is 24.3 Å².